The van der Waals surface area contributed by atoms with E-state index in [0.717, 1.165) is 55.7 Å². The van der Waals surface area contributed by atoms with Crippen molar-refractivity contribution in [3.63, 3.8) is 0 Å². The highest BCUT2D eigenvalue weighted by atomic mass is 15.0. The van der Waals surface area contributed by atoms with E-state index in [4.69, 9.17) is 6.57 Å². The molecule has 0 unspecified atom stereocenters. The zero-order valence-corrected chi connectivity index (χ0v) is 24.9. The molecular formula is C43H27N3. The van der Waals surface area contributed by atoms with Crippen LogP contribution in [-0.2, 0) is 0 Å². The summed E-state index contributed by atoms with van der Waals surface area (Å²) < 4.78 is 4.79. The molecule has 3 heteroatoms. The molecule has 9 aromatic rings. The molecule has 0 fully saturated rings. The number of hydrogen-bond donors (Lipinski definition) is 0. The molecule has 214 valence electrons. The van der Waals surface area contributed by atoms with Crippen molar-refractivity contribution in [2.24, 2.45) is 0 Å². The predicted octanol–water partition coefficient (Wildman–Crippen LogP) is 11.8. The van der Waals surface area contributed by atoms with Crippen molar-refractivity contribution in [2.75, 3.05) is 0 Å². The second kappa shape index (κ2) is 10.4. The summed E-state index contributed by atoms with van der Waals surface area (Å²) in [5.74, 6) is 0. The van der Waals surface area contributed by atoms with Gasteiger partial charge in [-0.1, -0.05) is 127 Å². The lowest BCUT2D eigenvalue weighted by Gasteiger charge is -2.22. The van der Waals surface area contributed by atoms with Gasteiger partial charge in [0.25, 0.3) is 0 Å². The Labute approximate surface area is 266 Å². The van der Waals surface area contributed by atoms with Crippen molar-refractivity contribution >= 4 is 49.3 Å². The molecule has 46 heavy (non-hydrogen) atoms. The maximum Gasteiger partial charge on any atom is 0.194 e. The minimum absolute atomic E-state index is 0.637. The van der Waals surface area contributed by atoms with Crippen molar-refractivity contribution in [1.29, 1.82) is 0 Å². The van der Waals surface area contributed by atoms with Gasteiger partial charge in [0.2, 0.25) is 0 Å². The monoisotopic (exact) mass is 585 g/mol. The Kier molecular flexibility index (Phi) is 5.88. The number of benzene rings is 7. The molecule has 2 aromatic heterocycles. The molecule has 0 radical (unpaired) electrons. The molecule has 0 atom stereocenters. The van der Waals surface area contributed by atoms with Crippen LogP contribution in [-0.4, -0.2) is 9.13 Å². The van der Waals surface area contributed by atoms with Crippen molar-refractivity contribution in [2.45, 2.75) is 0 Å². The summed E-state index contributed by atoms with van der Waals surface area (Å²) in [4.78, 5) is 3.97. The maximum absolute atomic E-state index is 8.07. The smallest absolute Gasteiger partial charge is 0.194 e. The SMILES string of the molecule is [C-]#[N+]c1ccccc1-c1cccc(-n2c3ccccc3c3ccccc32)c1-c1ccccc1-n1c2ccccc2c2ccccc21. The average Bonchev–Trinajstić information content (AvgIpc) is 3.64. The first kappa shape index (κ1) is 26.1. The van der Waals surface area contributed by atoms with Gasteiger partial charge < -0.3 is 9.13 Å². The summed E-state index contributed by atoms with van der Waals surface area (Å²) in [5, 5.41) is 4.88. The first-order valence-corrected chi connectivity index (χ1v) is 15.5. The van der Waals surface area contributed by atoms with Gasteiger partial charge in [0, 0.05) is 32.7 Å². The van der Waals surface area contributed by atoms with Crippen LogP contribution in [0.3, 0.4) is 0 Å². The van der Waals surface area contributed by atoms with Gasteiger partial charge in [0.15, 0.2) is 5.69 Å². The van der Waals surface area contributed by atoms with Crippen LogP contribution in [0.25, 0.3) is 82.1 Å². The van der Waals surface area contributed by atoms with E-state index in [1.165, 1.54) is 21.5 Å². The third-order valence-corrected chi connectivity index (χ3v) is 9.17. The highest BCUT2D eigenvalue weighted by Gasteiger charge is 2.23. The van der Waals surface area contributed by atoms with E-state index in [0.29, 0.717) is 5.69 Å². The lowest BCUT2D eigenvalue weighted by Crippen LogP contribution is -2.03. The lowest BCUT2D eigenvalue weighted by atomic mass is 9.90. The standard InChI is InChI=1S/C43H27N3/c1-44-36-22-8-2-15-29(36)34-21-14-28-42(46-39-25-11-5-18-32(39)33-19-6-12-26-40(33)46)43(34)35-20-7-13-27-41(35)45-37-23-9-3-16-30(37)31-17-4-10-24-38(31)45/h2-28H. The Bertz CT molecular complexity index is 2560. The van der Waals surface area contributed by atoms with Gasteiger partial charge in [-0.15, -0.1) is 0 Å². The summed E-state index contributed by atoms with van der Waals surface area (Å²) in [7, 11) is 0. The molecule has 9 rings (SSSR count). The average molecular weight is 586 g/mol. The molecular weight excluding hydrogens is 558 g/mol. The van der Waals surface area contributed by atoms with E-state index >= 15 is 0 Å². The molecule has 2 heterocycles. The number of rotatable bonds is 4. The summed E-state index contributed by atoms with van der Waals surface area (Å²) in [5.41, 5.74) is 11.6. The molecule has 0 bridgehead atoms. The number of nitrogens with zero attached hydrogens (tertiary/aromatic N) is 3. The molecule has 0 saturated carbocycles. The molecule has 0 N–H and O–H groups in total. The largest absolute Gasteiger partial charge is 0.309 e. The molecule has 0 spiro atoms. The van der Waals surface area contributed by atoms with Crippen LogP contribution in [0.2, 0.25) is 0 Å². The number of hydrogen-bond acceptors (Lipinski definition) is 0. The van der Waals surface area contributed by atoms with E-state index in [2.05, 4.69) is 160 Å². The van der Waals surface area contributed by atoms with Crippen LogP contribution in [0, 0.1) is 6.57 Å². The van der Waals surface area contributed by atoms with Gasteiger partial charge in [-0.25, -0.2) is 4.85 Å². The van der Waals surface area contributed by atoms with E-state index in [1.807, 2.05) is 18.2 Å². The Hall–Kier alpha value is -6.37. The quantitative estimate of drug-likeness (QED) is 0.182. The lowest BCUT2D eigenvalue weighted by molar-refractivity contribution is 1.16. The molecule has 0 amide bonds. The maximum atomic E-state index is 8.07. The van der Waals surface area contributed by atoms with E-state index < -0.39 is 0 Å². The molecule has 0 aliphatic rings. The van der Waals surface area contributed by atoms with Crippen LogP contribution < -0.4 is 0 Å². The van der Waals surface area contributed by atoms with Gasteiger partial charge in [-0.05, 0) is 47.5 Å². The Morgan fingerprint density at radius 1 is 0.348 bits per heavy atom. The second-order valence-corrected chi connectivity index (χ2v) is 11.6. The summed E-state index contributed by atoms with van der Waals surface area (Å²) in [6.07, 6.45) is 0. The fraction of sp³-hybridized carbons (Fsp3) is 0. The first-order chi connectivity index (χ1) is 22.8. The van der Waals surface area contributed by atoms with Gasteiger partial charge >= 0.3 is 0 Å². The summed E-state index contributed by atoms with van der Waals surface area (Å²) in [6, 6.07) is 57.7. The number of para-hydroxylation sites is 6. The zero-order chi connectivity index (χ0) is 30.6. The minimum atomic E-state index is 0.637. The third-order valence-electron chi connectivity index (χ3n) is 9.17. The van der Waals surface area contributed by atoms with Crippen molar-refractivity contribution in [3.05, 3.63) is 175 Å². The van der Waals surface area contributed by atoms with Gasteiger partial charge in [0.1, 0.15) is 0 Å². The van der Waals surface area contributed by atoms with Crippen LogP contribution in [0.4, 0.5) is 5.69 Å². The molecule has 0 saturated heterocycles. The van der Waals surface area contributed by atoms with Crippen LogP contribution in [0.1, 0.15) is 0 Å². The normalized spacial score (nSPS) is 11.5. The van der Waals surface area contributed by atoms with Crippen LogP contribution >= 0.6 is 0 Å². The highest BCUT2D eigenvalue weighted by molar-refractivity contribution is 6.12. The summed E-state index contributed by atoms with van der Waals surface area (Å²) in [6.45, 7) is 8.07. The van der Waals surface area contributed by atoms with Crippen molar-refractivity contribution in [1.82, 2.24) is 9.13 Å². The minimum Gasteiger partial charge on any atom is -0.309 e. The van der Waals surface area contributed by atoms with E-state index in [-0.39, 0.29) is 0 Å². The predicted molar refractivity (Wildman–Crippen MR) is 192 cm³/mol. The zero-order valence-electron chi connectivity index (χ0n) is 24.9. The highest BCUT2D eigenvalue weighted by Crippen LogP contribution is 2.46. The number of aromatic nitrogens is 2. The Morgan fingerprint density at radius 2 is 0.739 bits per heavy atom. The molecule has 0 aliphatic heterocycles. The third kappa shape index (κ3) is 3.78. The molecule has 3 nitrogen and oxygen atoms in total. The second-order valence-electron chi connectivity index (χ2n) is 11.6. The van der Waals surface area contributed by atoms with Crippen molar-refractivity contribution < 1.29 is 0 Å². The fourth-order valence-electron chi connectivity index (χ4n) is 7.28. The summed E-state index contributed by atoms with van der Waals surface area (Å²) >= 11 is 0. The van der Waals surface area contributed by atoms with Gasteiger partial charge in [-0.2, -0.15) is 0 Å². The molecule has 7 aromatic carbocycles. The van der Waals surface area contributed by atoms with Gasteiger partial charge in [-0.3, -0.25) is 0 Å². The Balaban J connectivity index is 1.46. The van der Waals surface area contributed by atoms with E-state index in [9.17, 15) is 0 Å². The van der Waals surface area contributed by atoms with E-state index in [1.54, 1.807) is 0 Å². The topological polar surface area (TPSA) is 14.2 Å². The fourth-order valence-corrected chi connectivity index (χ4v) is 7.28. The van der Waals surface area contributed by atoms with Crippen molar-refractivity contribution in [3.8, 4) is 33.6 Å². The van der Waals surface area contributed by atoms with Gasteiger partial charge in [0.05, 0.1) is 40.0 Å². The van der Waals surface area contributed by atoms with Crippen LogP contribution in [0.5, 0.6) is 0 Å². The first-order valence-electron chi connectivity index (χ1n) is 15.5. The Morgan fingerprint density at radius 3 is 1.28 bits per heavy atom. The number of fused-ring (bicyclic) bond motifs is 6. The van der Waals surface area contributed by atoms with Crippen LogP contribution in [0.15, 0.2) is 164 Å². The molecule has 0 aliphatic carbocycles.